The number of aryl methyl sites for hydroxylation is 2. The van der Waals surface area contributed by atoms with Crippen molar-refractivity contribution >= 4 is 56.0 Å². The number of benzene rings is 2. The van der Waals surface area contributed by atoms with Gasteiger partial charge < -0.3 is 4.90 Å². The lowest BCUT2D eigenvalue weighted by Gasteiger charge is -2.24. The minimum atomic E-state index is 0.0792. The lowest BCUT2D eigenvalue weighted by Crippen LogP contribution is -2.39. The van der Waals surface area contributed by atoms with Gasteiger partial charge in [0.15, 0.2) is 5.13 Å². The molecule has 3 rings (SSSR count). The molecule has 0 spiro atoms. The number of fused-ring (bicyclic) bond motifs is 1. The van der Waals surface area contributed by atoms with Crippen molar-refractivity contribution in [1.29, 1.82) is 0 Å². The summed E-state index contributed by atoms with van der Waals surface area (Å²) in [5.41, 5.74) is 3.37. The monoisotopic (exact) mass is 461 g/mol. The Morgan fingerprint density at radius 1 is 1.10 bits per heavy atom. The Hall–Kier alpha value is -1.60. The Bertz CT molecular complexity index is 1000. The van der Waals surface area contributed by atoms with Crippen LogP contribution in [0.3, 0.4) is 0 Å². The van der Waals surface area contributed by atoms with E-state index in [-0.39, 0.29) is 5.91 Å². The predicted octanol–water partition coefficient (Wildman–Crippen LogP) is 6.03. The second-order valence-corrected chi connectivity index (χ2v) is 9.70. The first kappa shape index (κ1) is 23.1. The zero-order valence-corrected chi connectivity index (χ0v) is 20.3. The molecule has 0 saturated carbocycles. The first-order valence-electron chi connectivity index (χ1n) is 10.2. The molecule has 1 heterocycles. The van der Waals surface area contributed by atoms with Crippen molar-refractivity contribution in [2.75, 3.05) is 36.8 Å². The maximum absolute atomic E-state index is 13.2. The molecule has 160 valence electrons. The minimum absolute atomic E-state index is 0.0792. The third kappa shape index (κ3) is 5.76. The number of nitrogens with zero attached hydrogens (tertiary/aromatic N) is 3. The fourth-order valence-corrected chi connectivity index (χ4v) is 5.30. The van der Waals surface area contributed by atoms with Gasteiger partial charge in [-0.2, -0.15) is 0 Å². The van der Waals surface area contributed by atoms with Crippen molar-refractivity contribution in [2.24, 2.45) is 0 Å². The number of thioether (sulfide) groups is 1. The highest BCUT2D eigenvalue weighted by Crippen LogP contribution is 2.32. The molecule has 2 aromatic carbocycles. The molecular weight excluding hydrogens is 434 g/mol. The van der Waals surface area contributed by atoms with Crippen LogP contribution in [0.4, 0.5) is 5.13 Å². The molecule has 1 aromatic heterocycles. The van der Waals surface area contributed by atoms with Crippen LogP contribution in [0, 0.1) is 13.8 Å². The van der Waals surface area contributed by atoms with E-state index in [4.69, 9.17) is 16.6 Å². The van der Waals surface area contributed by atoms with Crippen molar-refractivity contribution in [2.45, 2.75) is 32.6 Å². The molecule has 0 saturated heterocycles. The van der Waals surface area contributed by atoms with E-state index in [9.17, 15) is 4.79 Å². The van der Waals surface area contributed by atoms with E-state index < -0.39 is 0 Å². The number of carbonyl (C=O) groups excluding carboxylic acids is 1. The molecule has 0 unspecified atom stereocenters. The Labute approximate surface area is 192 Å². The second kappa shape index (κ2) is 10.6. The van der Waals surface area contributed by atoms with Crippen LogP contribution < -0.4 is 4.90 Å². The average molecular weight is 462 g/mol. The number of rotatable bonds is 9. The molecule has 0 radical (unpaired) electrons. The SMILES string of the molecule is CCN(CC)CCN(C(=O)CSc1ccc(Cl)cc1)c1nc2cc(C)cc(C)c2s1. The van der Waals surface area contributed by atoms with E-state index >= 15 is 0 Å². The summed E-state index contributed by atoms with van der Waals surface area (Å²) in [6.07, 6.45) is 0. The lowest BCUT2D eigenvalue weighted by molar-refractivity contribution is -0.116. The Morgan fingerprint density at radius 3 is 2.47 bits per heavy atom. The summed E-state index contributed by atoms with van der Waals surface area (Å²) in [6.45, 7) is 11.9. The predicted molar refractivity (Wildman–Crippen MR) is 131 cm³/mol. The third-order valence-electron chi connectivity index (χ3n) is 5.05. The summed E-state index contributed by atoms with van der Waals surface area (Å²) < 4.78 is 1.15. The number of halogens is 1. The van der Waals surface area contributed by atoms with Crippen molar-refractivity contribution < 1.29 is 4.79 Å². The molecule has 0 fully saturated rings. The van der Waals surface area contributed by atoms with Gasteiger partial charge in [-0.1, -0.05) is 42.9 Å². The van der Waals surface area contributed by atoms with E-state index in [1.807, 2.05) is 29.2 Å². The number of aromatic nitrogens is 1. The molecule has 0 bridgehead atoms. The zero-order valence-electron chi connectivity index (χ0n) is 17.9. The summed E-state index contributed by atoms with van der Waals surface area (Å²) in [5.74, 6) is 0.448. The standard InChI is InChI=1S/C23H28ClN3OS2/c1-5-26(6-2)11-12-27(21(28)15-29-19-9-7-18(24)8-10-19)23-25-20-14-16(3)13-17(4)22(20)30-23/h7-10,13-14H,5-6,11-12,15H2,1-4H3. The van der Waals surface area contributed by atoms with Gasteiger partial charge in [-0.15, -0.1) is 11.8 Å². The third-order valence-corrected chi connectivity index (χ3v) is 7.53. The zero-order chi connectivity index (χ0) is 21.7. The van der Waals surface area contributed by atoms with E-state index in [1.165, 1.54) is 22.9 Å². The lowest BCUT2D eigenvalue weighted by atomic mass is 10.1. The number of anilines is 1. The quantitative estimate of drug-likeness (QED) is 0.364. The van der Waals surface area contributed by atoms with E-state index in [1.54, 1.807) is 11.3 Å². The summed E-state index contributed by atoms with van der Waals surface area (Å²) in [6, 6.07) is 11.9. The number of hydrogen-bond donors (Lipinski definition) is 0. The van der Waals surface area contributed by atoms with E-state index in [2.05, 4.69) is 44.7 Å². The van der Waals surface area contributed by atoms with Crippen LogP contribution in [-0.4, -0.2) is 47.7 Å². The van der Waals surface area contributed by atoms with Crippen LogP contribution in [0.5, 0.6) is 0 Å². The summed E-state index contributed by atoms with van der Waals surface area (Å²) in [4.78, 5) is 23.3. The fraction of sp³-hybridized carbons (Fsp3) is 0.391. The van der Waals surface area contributed by atoms with Crippen LogP contribution in [0.1, 0.15) is 25.0 Å². The van der Waals surface area contributed by atoms with Crippen molar-refractivity contribution in [3.8, 4) is 0 Å². The summed E-state index contributed by atoms with van der Waals surface area (Å²) >= 11 is 9.11. The molecule has 0 atom stereocenters. The molecule has 7 heteroatoms. The average Bonchev–Trinajstić information content (AvgIpc) is 3.14. The normalized spacial score (nSPS) is 11.4. The van der Waals surface area contributed by atoms with Crippen LogP contribution in [-0.2, 0) is 4.79 Å². The van der Waals surface area contributed by atoms with Gasteiger partial charge in [-0.05, 0) is 68.4 Å². The Kier molecular flexibility index (Phi) is 8.17. The van der Waals surface area contributed by atoms with Crippen LogP contribution >= 0.6 is 34.7 Å². The smallest absolute Gasteiger partial charge is 0.239 e. The molecule has 0 aliphatic heterocycles. The number of carbonyl (C=O) groups is 1. The largest absolute Gasteiger partial charge is 0.302 e. The number of likely N-dealkylation sites (N-methyl/N-ethyl adjacent to an activating group) is 1. The highest BCUT2D eigenvalue weighted by molar-refractivity contribution is 8.00. The summed E-state index contributed by atoms with van der Waals surface area (Å²) in [7, 11) is 0. The van der Waals surface area contributed by atoms with Gasteiger partial charge in [0, 0.05) is 23.0 Å². The maximum atomic E-state index is 13.2. The van der Waals surface area contributed by atoms with Crippen LogP contribution in [0.25, 0.3) is 10.2 Å². The Morgan fingerprint density at radius 2 is 1.80 bits per heavy atom. The van der Waals surface area contributed by atoms with Crippen molar-refractivity contribution in [3.05, 3.63) is 52.5 Å². The van der Waals surface area contributed by atoms with Gasteiger partial charge in [0.25, 0.3) is 0 Å². The molecule has 0 N–H and O–H groups in total. The Balaban J connectivity index is 1.82. The van der Waals surface area contributed by atoms with Gasteiger partial charge in [0.2, 0.25) is 5.91 Å². The van der Waals surface area contributed by atoms with Gasteiger partial charge in [-0.3, -0.25) is 9.69 Å². The molecular formula is C23H28ClN3OS2. The molecule has 0 aliphatic carbocycles. The van der Waals surface area contributed by atoms with E-state index in [0.29, 0.717) is 17.3 Å². The number of thiazole rings is 1. The fourth-order valence-electron chi connectivity index (χ4n) is 3.34. The molecule has 3 aromatic rings. The van der Waals surface area contributed by atoms with Crippen LogP contribution in [0.15, 0.2) is 41.3 Å². The van der Waals surface area contributed by atoms with Crippen LogP contribution in [0.2, 0.25) is 5.02 Å². The molecule has 0 aliphatic rings. The van der Waals surface area contributed by atoms with Gasteiger partial charge in [-0.25, -0.2) is 4.98 Å². The molecule has 1 amide bonds. The number of hydrogen-bond acceptors (Lipinski definition) is 5. The van der Waals surface area contributed by atoms with E-state index in [0.717, 1.165) is 39.9 Å². The first-order valence-corrected chi connectivity index (χ1v) is 12.4. The summed E-state index contributed by atoms with van der Waals surface area (Å²) in [5, 5.41) is 1.49. The highest BCUT2D eigenvalue weighted by atomic mass is 35.5. The molecule has 30 heavy (non-hydrogen) atoms. The molecule has 4 nitrogen and oxygen atoms in total. The topological polar surface area (TPSA) is 36.4 Å². The van der Waals surface area contributed by atoms with Crippen molar-refractivity contribution in [1.82, 2.24) is 9.88 Å². The first-order chi connectivity index (χ1) is 14.4. The number of amides is 1. The van der Waals surface area contributed by atoms with Gasteiger partial charge in [0.1, 0.15) is 0 Å². The highest BCUT2D eigenvalue weighted by Gasteiger charge is 2.21. The van der Waals surface area contributed by atoms with Gasteiger partial charge in [0.05, 0.1) is 16.0 Å². The van der Waals surface area contributed by atoms with Gasteiger partial charge >= 0.3 is 0 Å². The second-order valence-electron chi connectivity index (χ2n) is 7.24. The van der Waals surface area contributed by atoms with Crippen molar-refractivity contribution in [3.63, 3.8) is 0 Å². The maximum Gasteiger partial charge on any atom is 0.239 e. The minimum Gasteiger partial charge on any atom is -0.302 e.